The van der Waals surface area contributed by atoms with Gasteiger partial charge in [-0.05, 0) is 66.3 Å². The van der Waals surface area contributed by atoms with Crippen LogP contribution in [0.4, 0.5) is 8.78 Å². The van der Waals surface area contributed by atoms with Crippen molar-refractivity contribution < 1.29 is 23.4 Å². The van der Waals surface area contributed by atoms with E-state index >= 15 is 0 Å². The Kier molecular flexibility index (Phi) is 5.57. The molecular formula is C24H19F2NO3. The van der Waals surface area contributed by atoms with Gasteiger partial charge in [0.1, 0.15) is 18.1 Å². The third-order valence-electron chi connectivity index (χ3n) is 5.09. The van der Waals surface area contributed by atoms with Crippen LogP contribution in [0.3, 0.4) is 0 Å². The second-order valence-electron chi connectivity index (χ2n) is 7.06. The van der Waals surface area contributed by atoms with E-state index in [1.165, 1.54) is 12.1 Å². The van der Waals surface area contributed by atoms with E-state index < -0.39 is 17.6 Å². The van der Waals surface area contributed by atoms with Crippen LogP contribution < -0.4 is 4.74 Å². The predicted molar refractivity (Wildman–Crippen MR) is 109 cm³/mol. The summed E-state index contributed by atoms with van der Waals surface area (Å²) in [7, 11) is 0. The number of benzene rings is 2. The molecule has 1 N–H and O–H groups in total. The molecule has 0 saturated heterocycles. The number of ether oxygens (including phenoxy) is 1. The van der Waals surface area contributed by atoms with Crippen LogP contribution >= 0.6 is 0 Å². The minimum absolute atomic E-state index is 0.00845. The van der Waals surface area contributed by atoms with Crippen LogP contribution in [0, 0.1) is 11.6 Å². The van der Waals surface area contributed by atoms with E-state index in [1.807, 2.05) is 30.3 Å². The molecule has 1 aromatic heterocycles. The Morgan fingerprint density at radius 3 is 2.57 bits per heavy atom. The molecule has 0 bridgehead atoms. The van der Waals surface area contributed by atoms with Crippen LogP contribution in [-0.4, -0.2) is 16.1 Å². The number of carboxylic acid groups (broad SMARTS) is 1. The lowest BCUT2D eigenvalue weighted by atomic mass is 9.99. The zero-order valence-electron chi connectivity index (χ0n) is 16.1. The summed E-state index contributed by atoms with van der Waals surface area (Å²) in [5.41, 5.74) is 4.15. The van der Waals surface area contributed by atoms with Gasteiger partial charge in [0.15, 0.2) is 11.6 Å². The highest BCUT2D eigenvalue weighted by Crippen LogP contribution is 2.42. The molecule has 1 aliphatic rings. The number of carboxylic acids is 1. The zero-order valence-corrected chi connectivity index (χ0v) is 16.1. The van der Waals surface area contributed by atoms with Crippen molar-refractivity contribution in [2.45, 2.75) is 25.9 Å². The number of carbonyl (C=O) groups is 1. The van der Waals surface area contributed by atoms with Gasteiger partial charge in [0.05, 0.1) is 5.69 Å². The van der Waals surface area contributed by atoms with E-state index in [1.54, 1.807) is 6.07 Å². The molecule has 6 heteroatoms. The van der Waals surface area contributed by atoms with Crippen molar-refractivity contribution >= 4 is 17.1 Å². The van der Waals surface area contributed by atoms with Crippen LogP contribution in [0.25, 0.3) is 11.1 Å². The molecule has 0 spiro atoms. The maximum absolute atomic E-state index is 13.5. The van der Waals surface area contributed by atoms with Gasteiger partial charge in [0.25, 0.3) is 0 Å². The van der Waals surface area contributed by atoms with E-state index in [4.69, 9.17) is 4.74 Å². The molecule has 1 aliphatic carbocycles. The topological polar surface area (TPSA) is 59.4 Å². The number of aromatic carboxylic acids is 1. The summed E-state index contributed by atoms with van der Waals surface area (Å²) in [6.07, 6.45) is 2.55. The third kappa shape index (κ3) is 4.08. The number of hydrogen-bond donors (Lipinski definition) is 1. The summed E-state index contributed by atoms with van der Waals surface area (Å²) in [6.45, 7) is 0.101. The lowest BCUT2D eigenvalue weighted by Crippen LogP contribution is -2.03. The molecule has 0 amide bonds. The summed E-state index contributed by atoms with van der Waals surface area (Å²) >= 11 is 0. The average Bonchev–Trinajstić information content (AvgIpc) is 3.24. The van der Waals surface area contributed by atoms with E-state index in [0.717, 1.165) is 48.1 Å². The number of pyridine rings is 1. The second kappa shape index (κ2) is 8.45. The molecule has 2 aromatic carbocycles. The first-order valence-corrected chi connectivity index (χ1v) is 9.62. The minimum Gasteiger partial charge on any atom is -0.488 e. The van der Waals surface area contributed by atoms with E-state index in [2.05, 4.69) is 4.98 Å². The maximum Gasteiger partial charge on any atom is 0.354 e. The van der Waals surface area contributed by atoms with E-state index in [9.17, 15) is 18.7 Å². The first-order valence-electron chi connectivity index (χ1n) is 9.62. The quantitative estimate of drug-likeness (QED) is 0.567. The fourth-order valence-electron chi connectivity index (χ4n) is 3.68. The number of aromatic nitrogens is 1. The van der Waals surface area contributed by atoms with Gasteiger partial charge in [0.2, 0.25) is 0 Å². The van der Waals surface area contributed by atoms with Gasteiger partial charge in [-0.2, -0.15) is 0 Å². The van der Waals surface area contributed by atoms with Gasteiger partial charge in [-0.15, -0.1) is 0 Å². The maximum atomic E-state index is 13.5. The predicted octanol–water partition coefficient (Wildman–Crippen LogP) is 5.73. The monoisotopic (exact) mass is 407 g/mol. The van der Waals surface area contributed by atoms with Crippen LogP contribution in [-0.2, 0) is 6.61 Å². The lowest BCUT2D eigenvalue weighted by molar-refractivity contribution is 0.0690. The number of nitrogens with zero attached hydrogens (tertiary/aromatic N) is 1. The van der Waals surface area contributed by atoms with Crippen molar-refractivity contribution in [3.63, 3.8) is 0 Å². The van der Waals surface area contributed by atoms with Crippen molar-refractivity contribution in [2.75, 3.05) is 0 Å². The lowest BCUT2D eigenvalue weighted by Gasteiger charge is -2.14. The number of allylic oxidation sites excluding steroid dienone is 2. The van der Waals surface area contributed by atoms with Crippen LogP contribution in [0.15, 0.2) is 60.7 Å². The summed E-state index contributed by atoms with van der Waals surface area (Å²) in [5.74, 6) is -2.23. The van der Waals surface area contributed by atoms with Gasteiger partial charge in [-0.1, -0.05) is 30.3 Å². The highest BCUT2D eigenvalue weighted by Gasteiger charge is 2.22. The molecule has 4 rings (SSSR count). The number of para-hydroxylation sites is 1. The first kappa shape index (κ1) is 19.8. The molecule has 0 radical (unpaired) electrons. The van der Waals surface area contributed by atoms with Gasteiger partial charge in [-0.25, -0.2) is 18.6 Å². The van der Waals surface area contributed by atoms with Crippen LogP contribution in [0.2, 0.25) is 0 Å². The zero-order chi connectivity index (χ0) is 21.1. The second-order valence-corrected chi connectivity index (χ2v) is 7.06. The average molecular weight is 407 g/mol. The molecule has 0 aliphatic heterocycles. The third-order valence-corrected chi connectivity index (χ3v) is 5.09. The Balaban J connectivity index is 1.66. The van der Waals surface area contributed by atoms with Gasteiger partial charge in [0, 0.05) is 5.56 Å². The first-order chi connectivity index (χ1) is 14.5. The van der Waals surface area contributed by atoms with Crippen molar-refractivity contribution in [3.8, 4) is 5.75 Å². The Labute approximate surface area is 172 Å². The Morgan fingerprint density at radius 2 is 1.77 bits per heavy atom. The summed E-state index contributed by atoms with van der Waals surface area (Å²) in [5, 5.41) is 9.25. The smallest absolute Gasteiger partial charge is 0.354 e. The van der Waals surface area contributed by atoms with E-state index in [0.29, 0.717) is 17.0 Å². The molecule has 152 valence electrons. The van der Waals surface area contributed by atoms with Gasteiger partial charge >= 0.3 is 5.97 Å². The molecule has 3 aromatic rings. The van der Waals surface area contributed by atoms with Crippen molar-refractivity contribution in [3.05, 3.63) is 94.8 Å². The minimum atomic E-state index is -1.06. The Hall–Kier alpha value is -3.54. The number of rotatable bonds is 6. The Morgan fingerprint density at radius 1 is 0.967 bits per heavy atom. The normalized spacial score (nSPS) is 13.5. The van der Waals surface area contributed by atoms with Crippen molar-refractivity contribution in [1.29, 1.82) is 0 Å². The van der Waals surface area contributed by atoms with Crippen LogP contribution in [0.1, 0.15) is 46.6 Å². The fraction of sp³-hybridized carbons (Fsp3) is 0.167. The summed E-state index contributed by atoms with van der Waals surface area (Å²) in [6, 6.07) is 16.2. The summed E-state index contributed by atoms with van der Waals surface area (Å²) < 4.78 is 32.6. The number of hydrogen-bond acceptors (Lipinski definition) is 3. The van der Waals surface area contributed by atoms with Crippen LogP contribution in [0.5, 0.6) is 5.75 Å². The fourth-order valence-corrected chi connectivity index (χ4v) is 3.68. The highest BCUT2D eigenvalue weighted by molar-refractivity contribution is 5.94. The molecular weight excluding hydrogens is 388 g/mol. The molecule has 0 saturated carbocycles. The summed E-state index contributed by atoms with van der Waals surface area (Å²) in [4.78, 5) is 15.6. The Bertz CT molecular complexity index is 1140. The van der Waals surface area contributed by atoms with E-state index in [-0.39, 0.29) is 12.3 Å². The standard InChI is InChI=1S/C24H19F2NO3/c25-19-12-11-15(13-20(19)26)14-30-23-10-2-1-5-18(23)16-6-3-7-17(16)21-8-4-9-22(27-21)24(28)29/h1-2,4-5,8-13H,3,6-7,14H2,(H,28,29). The number of halogens is 2. The molecule has 0 fully saturated rings. The van der Waals surface area contributed by atoms with Gasteiger partial charge in [-0.3, -0.25) is 0 Å². The highest BCUT2D eigenvalue weighted by atomic mass is 19.2. The SMILES string of the molecule is O=C(O)c1cccc(C2=C(c3ccccc3OCc3ccc(F)c(F)c3)CCC2)n1. The van der Waals surface area contributed by atoms with Crippen molar-refractivity contribution in [2.24, 2.45) is 0 Å². The molecule has 0 unspecified atom stereocenters. The molecule has 30 heavy (non-hydrogen) atoms. The molecule has 0 atom stereocenters. The molecule has 4 nitrogen and oxygen atoms in total. The van der Waals surface area contributed by atoms with Gasteiger partial charge < -0.3 is 9.84 Å². The van der Waals surface area contributed by atoms with Crippen molar-refractivity contribution in [1.82, 2.24) is 4.98 Å². The molecule has 1 heterocycles. The largest absolute Gasteiger partial charge is 0.488 e.